The fourth-order valence-corrected chi connectivity index (χ4v) is 5.89. The highest BCUT2D eigenvalue weighted by molar-refractivity contribution is 6.32. The molecule has 0 amide bonds. The van der Waals surface area contributed by atoms with E-state index >= 15 is 4.39 Å². The largest absolute Gasteiger partial charge is 0.389 e. The minimum atomic E-state index is -2.81. The highest BCUT2D eigenvalue weighted by atomic mass is 35.5. The van der Waals surface area contributed by atoms with E-state index in [1.54, 1.807) is 18.3 Å². The van der Waals surface area contributed by atoms with E-state index in [0.717, 1.165) is 4.68 Å². The molecule has 3 aliphatic rings. The van der Waals surface area contributed by atoms with Crippen LogP contribution in [0.3, 0.4) is 0 Å². The molecule has 2 aromatic heterocycles. The molecular weight excluding hydrogens is 532 g/mol. The smallest absolute Gasteiger partial charge is 0.272 e. The van der Waals surface area contributed by atoms with Gasteiger partial charge in [-0.25, -0.2) is 27.8 Å². The third-order valence-corrected chi connectivity index (χ3v) is 8.52. The Morgan fingerprint density at radius 1 is 1.24 bits per heavy atom. The van der Waals surface area contributed by atoms with E-state index in [9.17, 15) is 13.9 Å². The Bertz CT molecular complexity index is 1360. The lowest BCUT2D eigenvalue weighted by molar-refractivity contribution is -0.0238. The van der Waals surface area contributed by atoms with E-state index in [2.05, 4.69) is 20.4 Å². The van der Waals surface area contributed by atoms with Crippen LogP contribution in [0.1, 0.15) is 37.3 Å². The van der Waals surface area contributed by atoms with Gasteiger partial charge in [0.05, 0.1) is 42.3 Å². The van der Waals surface area contributed by atoms with E-state index in [0.29, 0.717) is 46.7 Å². The SMILES string of the molecule is C[C@@]1(N2CCC(c3cc4nc(Nc5cnn([C@@H]6CC6(F)F)c5Cl)ncc4cc3Cl)C(F)C2)COCC1O. The van der Waals surface area contributed by atoms with Crippen molar-refractivity contribution in [2.24, 2.45) is 0 Å². The molecule has 2 saturated heterocycles. The number of hydrogen-bond acceptors (Lipinski definition) is 7. The molecule has 1 aliphatic carbocycles. The van der Waals surface area contributed by atoms with Crippen LogP contribution in [-0.4, -0.2) is 79.8 Å². The third kappa shape index (κ3) is 4.34. The zero-order valence-corrected chi connectivity index (χ0v) is 21.4. The second-order valence-electron chi connectivity index (χ2n) is 10.3. The Kier molecular flexibility index (Phi) is 6.07. The summed E-state index contributed by atoms with van der Waals surface area (Å²) in [4.78, 5) is 10.8. The van der Waals surface area contributed by atoms with Crippen molar-refractivity contribution in [1.29, 1.82) is 0 Å². The number of hydrogen-bond donors (Lipinski definition) is 2. The molecule has 2 aliphatic heterocycles. The van der Waals surface area contributed by atoms with E-state index in [1.165, 1.54) is 6.20 Å². The Morgan fingerprint density at radius 2 is 2.03 bits per heavy atom. The first-order valence-corrected chi connectivity index (χ1v) is 12.8. The molecule has 4 heterocycles. The van der Waals surface area contributed by atoms with Gasteiger partial charge in [-0.2, -0.15) is 5.10 Å². The number of nitrogens with one attached hydrogen (secondary N) is 1. The van der Waals surface area contributed by atoms with Crippen molar-refractivity contribution in [2.75, 3.05) is 31.6 Å². The number of likely N-dealkylation sites (tertiary alicyclic amines) is 1. The number of rotatable bonds is 5. The number of ether oxygens (including phenoxy) is 1. The second kappa shape index (κ2) is 8.94. The van der Waals surface area contributed by atoms with Gasteiger partial charge in [0.25, 0.3) is 5.92 Å². The van der Waals surface area contributed by atoms with Crippen molar-refractivity contribution in [1.82, 2.24) is 24.6 Å². The molecule has 5 atom stereocenters. The van der Waals surface area contributed by atoms with Crippen LogP contribution in [0.25, 0.3) is 10.9 Å². The zero-order valence-electron chi connectivity index (χ0n) is 19.8. The van der Waals surface area contributed by atoms with Crippen LogP contribution in [0.15, 0.2) is 24.5 Å². The third-order valence-electron chi connectivity index (χ3n) is 7.82. The predicted octanol–water partition coefficient (Wildman–Crippen LogP) is 4.73. The van der Waals surface area contributed by atoms with Gasteiger partial charge in [-0.15, -0.1) is 0 Å². The second-order valence-corrected chi connectivity index (χ2v) is 11.0. The average molecular weight is 557 g/mol. The van der Waals surface area contributed by atoms with Crippen molar-refractivity contribution >= 4 is 45.7 Å². The van der Waals surface area contributed by atoms with Gasteiger partial charge >= 0.3 is 0 Å². The minimum absolute atomic E-state index is 0.0428. The summed E-state index contributed by atoms with van der Waals surface area (Å²) in [5, 5.41) is 18.4. The quantitative estimate of drug-likeness (QED) is 0.469. The number of nitrogens with zero attached hydrogens (tertiary/aromatic N) is 5. The summed E-state index contributed by atoms with van der Waals surface area (Å²) in [5.41, 5.74) is 0.901. The number of halogens is 5. The van der Waals surface area contributed by atoms with Crippen LogP contribution in [0, 0.1) is 0 Å². The molecule has 13 heteroatoms. The lowest BCUT2D eigenvalue weighted by atomic mass is 9.84. The van der Waals surface area contributed by atoms with E-state index in [1.807, 2.05) is 11.8 Å². The number of aliphatic hydroxyl groups excluding tert-OH is 1. The lowest BCUT2D eigenvalue weighted by Gasteiger charge is -2.45. The highest BCUT2D eigenvalue weighted by Gasteiger charge is 2.59. The standard InChI is InChI=1S/C24H25Cl2F3N6O2/c1-23(11-37-10-20(23)36)34-3-2-13(16(27)9-34)14-5-17-12(4-15(14)25)7-30-22(32-17)33-18-8-31-35(21(18)26)19-6-24(19,28)29/h4-5,7-8,13,16,19-20,36H,2-3,6,9-11H2,1H3,(H,30,32,33)/t13?,16?,19-,20?,23-/m1/s1. The Labute approximate surface area is 220 Å². The van der Waals surface area contributed by atoms with Crippen molar-refractivity contribution < 1.29 is 23.0 Å². The lowest BCUT2D eigenvalue weighted by Crippen LogP contribution is -2.58. The van der Waals surface area contributed by atoms with Gasteiger partial charge in [-0.1, -0.05) is 23.2 Å². The first-order chi connectivity index (χ1) is 17.6. The fourth-order valence-electron chi connectivity index (χ4n) is 5.32. The molecule has 3 unspecified atom stereocenters. The molecule has 0 radical (unpaired) electrons. The van der Waals surface area contributed by atoms with Crippen LogP contribution in [0.4, 0.5) is 24.8 Å². The average Bonchev–Trinajstić information content (AvgIpc) is 3.13. The maximum absolute atomic E-state index is 15.5. The van der Waals surface area contributed by atoms with Crippen molar-refractivity contribution in [3.05, 3.63) is 40.3 Å². The van der Waals surface area contributed by atoms with Gasteiger partial charge in [-0.3, -0.25) is 4.90 Å². The van der Waals surface area contributed by atoms with Gasteiger partial charge in [-0.05, 0) is 37.6 Å². The van der Waals surface area contributed by atoms with Gasteiger partial charge in [0.2, 0.25) is 5.95 Å². The molecule has 198 valence electrons. The van der Waals surface area contributed by atoms with Crippen molar-refractivity contribution in [2.45, 2.75) is 55.5 Å². The number of benzene rings is 1. The van der Waals surface area contributed by atoms with Crippen LogP contribution < -0.4 is 5.32 Å². The monoisotopic (exact) mass is 556 g/mol. The van der Waals surface area contributed by atoms with Crippen LogP contribution >= 0.6 is 23.2 Å². The van der Waals surface area contributed by atoms with Crippen LogP contribution in [0.5, 0.6) is 0 Å². The summed E-state index contributed by atoms with van der Waals surface area (Å²) >= 11 is 12.8. The fraction of sp³-hybridized carbons (Fsp3) is 0.542. The molecule has 1 saturated carbocycles. The molecule has 2 N–H and O–H groups in total. The summed E-state index contributed by atoms with van der Waals surface area (Å²) in [6.07, 6.45) is 1.29. The number of piperidine rings is 1. The van der Waals surface area contributed by atoms with Gasteiger partial charge in [0, 0.05) is 35.5 Å². The van der Waals surface area contributed by atoms with Gasteiger partial charge in [0.15, 0.2) is 5.15 Å². The number of aliphatic hydroxyl groups is 1. The van der Waals surface area contributed by atoms with E-state index in [-0.39, 0.29) is 30.7 Å². The Balaban J connectivity index is 1.23. The molecule has 3 aromatic rings. The van der Waals surface area contributed by atoms with Crippen LogP contribution in [0.2, 0.25) is 10.2 Å². The maximum Gasteiger partial charge on any atom is 0.272 e. The Hall–Kier alpha value is -2.18. The van der Waals surface area contributed by atoms with Crippen molar-refractivity contribution in [3.63, 3.8) is 0 Å². The molecule has 0 spiro atoms. The summed E-state index contributed by atoms with van der Waals surface area (Å²) < 4.78 is 48.9. The summed E-state index contributed by atoms with van der Waals surface area (Å²) in [6.45, 7) is 3.27. The molecule has 8 nitrogen and oxygen atoms in total. The molecule has 6 rings (SSSR count). The summed E-state index contributed by atoms with van der Waals surface area (Å²) in [7, 11) is 0. The molecule has 0 bridgehead atoms. The Morgan fingerprint density at radius 3 is 2.70 bits per heavy atom. The summed E-state index contributed by atoms with van der Waals surface area (Å²) in [6, 6.07) is 2.43. The normalized spacial score (nSPS) is 31.6. The topological polar surface area (TPSA) is 88.3 Å². The first-order valence-electron chi connectivity index (χ1n) is 12.1. The minimum Gasteiger partial charge on any atom is -0.389 e. The van der Waals surface area contributed by atoms with Crippen LogP contribution in [-0.2, 0) is 4.74 Å². The molecule has 3 fully saturated rings. The summed E-state index contributed by atoms with van der Waals surface area (Å²) in [5.74, 6) is -3.05. The van der Waals surface area contributed by atoms with E-state index in [4.69, 9.17) is 27.9 Å². The number of alkyl halides is 3. The molecule has 37 heavy (non-hydrogen) atoms. The number of fused-ring (bicyclic) bond motifs is 1. The highest BCUT2D eigenvalue weighted by Crippen LogP contribution is 2.53. The zero-order chi connectivity index (χ0) is 26.1. The van der Waals surface area contributed by atoms with Gasteiger partial charge < -0.3 is 15.2 Å². The predicted molar refractivity (Wildman–Crippen MR) is 133 cm³/mol. The first kappa shape index (κ1) is 25.1. The van der Waals surface area contributed by atoms with Gasteiger partial charge in [0.1, 0.15) is 12.2 Å². The van der Waals surface area contributed by atoms with E-state index < -0.39 is 35.7 Å². The number of anilines is 2. The number of aromatic nitrogens is 4. The molecular formula is C24H25Cl2F3N6O2. The van der Waals surface area contributed by atoms with Crippen molar-refractivity contribution in [3.8, 4) is 0 Å². The molecule has 1 aromatic carbocycles. The maximum atomic E-state index is 15.5.